The predicted octanol–water partition coefficient (Wildman–Crippen LogP) is 2.78. The van der Waals surface area contributed by atoms with Gasteiger partial charge in [0.2, 0.25) is 5.91 Å². The molecule has 3 N–H and O–H groups in total. The maximum Gasteiger partial charge on any atom is 0.254 e. The van der Waals surface area contributed by atoms with E-state index in [1.807, 2.05) is 34.9 Å². The zero-order valence-corrected chi connectivity index (χ0v) is 13.7. The van der Waals surface area contributed by atoms with Gasteiger partial charge in [-0.05, 0) is 11.6 Å². The predicted molar refractivity (Wildman–Crippen MR) is 98.0 cm³/mol. The molecule has 0 radical (unpaired) electrons. The van der Waals surface area contributed by atoms with E-state index in [0.29, 0.717) is 17.7 Å². The monoisotopic (exact) mass is 333 g/mol. The Hall–Kier alpha value is -3.34. The van der Waals surface area contributed by atoms with Crippen LogP contribution in [-0.2, 0) is 11.3 Å². The molecule has 0 aliphatic heterocycles. The molecule has 1 unspecified atom stereocenters. The Balaban J connectivity index is 1.96. The lowest BCUT2D eigenvalue weighted by molar-refractivity contribution is -0.120. The van der Waals surface area contributed by atoms with E-state index in [9.17, 15) is 9.59 Å². The number of allylic oxidation sites excluding steroid dienone is 1. The summed E-state index contributed by atoms with van der Waals surface area (Å²) >= 11 is 0. The summed E-state index contributed by atoms with van der Waals surface area (Å²) in [7, 11) is 0. The number of nitrogens with zero attached hydrogens (tertiary/aromatic N) is 1. The third-order valence-electron chi connectivity index (χ3n) is 4.05. The number of hydrogen-bond acceptors (Lipinski definition) is 2. The first kappa shape index (κ1) is 16.5. The number of nitrogens with two attached hydrogens (primary N) is 1. The minimum Gasteiger partial charge on any atom is -0.368 e. The smallest absolute Gasteiger partial charge is 0.254 e. The van der Waals surface area contributed by atoms with E-state index in [0.717, 1.165) is 10.9 Å². The Morgan fingerprint density at radius 1 is 1.12 bits per heavy atom. The number of para-hydroxylation sites is 1. The summed E-state index contributed by atoms with van der Waals surface area (Å²) in [6, 6.07) is 15.7. The highest BCUT2D eigenvalue weighted by atomic mass is 16.2. The lowest BCUT2D eigenvalue weighted by Crippen LogP contribution is -2.37. The van der Waals surface area contributed by atoms with Crippen LogP contribution in [-0.4, -0.2) is 16.4 Å². The summed E-state index contributed by atoms with van der Waals surface area (Å²) in [6.07, 6.45) is 3.54. The average Bonchev–Trinajstić information content (AvgIpc) is 2.99. The molecular weight excluding hydrogens is 314 g/mol. The molecule has 5 heteroatoms. The van der Waals surface area contributed by atoms with Crippen molar-refractivity contribution in [3.05, 3.63) is 84.6 Å². The van der Waals surface area contributed by atoms with E-state index in [1.54, 1.807) is 36.5 Å². The Kier molecular flexibility index (Phi) is 4.66. The molecule has 0 saturated heterocycles. The summed E-state index contributed by atoms with van der Waals surface area (Å²) in [5.74, 6) is -0.943. The molecule has 0 aliphatic carbocycles. The van der Waals surface area contributed by atoms with Gasteiger partial charge in [-0.25, -0.2) is 0 Å². The van der Waals surface area contributed by atoms with Crippen molar-refractivity contribution in [2.75, 3.05) is 0 Å². The van der Waals surface area contributed by atoms with Crippen molar-refractivity contribution in [3.8, 4) is 0 Å². The number of rotatable bonds is 6. The van der Waals surface area contributed by atoms with Gasteiger partial charge in [0.15, 0.2) is 0 Å². The molecule has 5 nitrogen and oxygen atoms in total. The summed E-state index contributed by atoms with van der Waals surface area (Å²) in [5.41, 5.74) is 7.57. The van der Waals surface area contributed by atoms with Gasteiger partial charge in [0.1, 0.15) is 6.04 Å². The fraction of sp³-hybridized carbons (Fsp3) is 0.100. The summed E-state index contributed by atoms with van der Waals surface area (Å²) in [4.78, 5) is 24.6. The Morgan fingerprint density at radius 3 is 2.48 bits per heavy atom. The van der Waals surface area contributed by atoms with Crippen molar-refractivity contribution in [2.45, 2.75) is 12.6 Å². The van der Waals surface area contributed by atoms with Crippen LogP contribution in [0.5, 0.6) is 0 Å². The normalized spacial score (nSPS) is 11.8. The van der Waals surface area contributed by atoms with Gasteiger partial charge < -0.3 is 15.6 Å². The number of benzene rings is 2. The van der Waals surface area contributed by atoms with Gasteiger partial charge in [0.25, 0.3) is 5.91 Å². The summed E-state index contributed by atoms with van der Waals surface area (Å²) in [6.45, 7) is 4.33. The number of carbonyl (C=O) groups is 2. The van der Waals surface area contributed by atoms with Crippen molar-refractivity contribution in [1.82, 2.24) is 9.88 Å². The van der Waals surface area contributed by atoms with E-state index in [2.05, 4.69) is 11.9 Å². The van der Waals surface area contributed by atoms with Crippen LogP contribution >= 0.6 is 0 Å². The second-order valence-corrected chi connectivity index (χ2v) is 5.72. The van der Waals surface area contributed by atoms with Crippen LogP contribution in [0.4, 0.5) is 0 Å². The fourth-order valence-corrected chi connectivity index (χ4v) is 2.89. The Morgan fingerprint density at radius 2 is 1.80 bits per heavy atom. The largest absolute Gasteiger partial charge is 0.368 e. The molecule has 0 aliphatic rings. The molecule has 1 atom stereocenters. The number of aromatic nitrogens is 1. The molecule has 126 valence electrons. The molecule has 0 fully saturated rings. The van der Waals surface area contributed by atoms with Crippen LogP contribution in [0.15, 0.2) is 73.4 Å². The first-order valence-electron chi connectivity index (χ1n) is 7.95. The molecule has 0 spiro atoms. The SMILES string of the molecule is C=CCn1cc(C(=O)NC(C(N)=O)c2ccccc2)c2ccccc21. The van der Waals surface area contributed by atoms with Crippen LogP contribution in [0.25, 0.3) is 10.9 Å². The van der Waals surface area contributed by atoms with Gasteiger partial charge in [0, 0.05) is 23.6 Å². The second kappa shape index (κ2) is 7.05. The molecule has 25 heavy (non-hydrogen) atoms. The summed E-state index contributed by atoms with van der Waals surface area (Å²) in [5, 5.41) is 3.56. The Bertz CT molecular complexity index is 929. The molecule has 1 heterocycles. The quantitative estimate of drug-likeness (QED) is 0.681. The molecule has 2 aromatic carbocycles. The lowest BCUT2D eigenvalue weighted by Gasteiger charge is -2.15. The minimum atomic E-state index is -0.879. The van der Waals surface area contributed by atoms with E-state index in [-0.39, 0.29) is 5.91 Å². The second-order valence-electron chi connectivity index (χ2n) is 5.72. The standard InChI is InChI=1S/C20H19N3O2/c1-2-12-23-13-16(15-10-6-7-11-17(15)23)20(25)22-18(19(21)24)14-8-4-3-5-9-14/h2-11,13,18H,1,12H2,(H2,21,24)(H,22,25). The minimum absolute atomic E-state index is 0.341. The number of fused-ring (bicyclic) bond motifs is 1. The van der Waals surface area contributed by atoms with E-state index in [4.69, 9.17) is 5.73 Å². The highest BCUT2D eigenvalue weighted by molar-refractivity contribution is 6.08. The van der Waals surface area contributed by atoms with Crippen molar-refractivity contribution in [1.29, 1.82) is 0 Å². The molecule has 1 aromatic heterocycles. The van der Waals surface area contributed by atoms with E-state index < -0.39 is 11.9 Å². The maximum absolute atomic E-state index is 12.8. The van der Waals surface area contributed by atoms with E-state index >= 15 is 0 Å². The molecule has 0 bridgehead atoms. The van der Waals surface area contributed by atoms with Crippen LogP contribution in [0.1, 0.15) is 22.0 Å². The van der Waals surface area contributed by atoms with Crippen LogP contribution in [0, 0.1) is 0 Å². The molecule has 3 aromatic rings. The van der Waals surface area contributed by atoms with E-state index in [1.165, 1.54) is 0 Å². The van der Waals surface area contributed by atoms with Crippen molar-refractivity contribution < 1.29 is 9.59 Å². The fourth-order valence-electron chi connectivity index (χ4n) is 2.89. The van der Waals surface area contributed by atoms with Gasteiger partial charge in [-0.3, -0.25) is 9.59 Å². The molecule has 0 saturated carbocycles. The number of nitrogens with one attached hydrogen (secondary N) is 1. The van der Waals surface area contributed by atoms with Crippen molar-refractivity contribution in [3.63, 3.8) is 0 Å². The van der Waals surface area contributed by atoms with Crippen LogP contribution in [0.2, 0.25) is 0 Å². The maximum atomic E-state index is 12.8. The van der Waals surface area contributed by atoms with Crippen molar-refractivity contribution >= 4 is 22.7 Å². The molecule has 3 rings (SSSR count). The zero-order valence-electron chi connectivity index (χ0n) is 13.7. The first-order valence-corrected chi connectivity index (χ1v) is 7.95. The first-order chi connectivity index (χ1) is 12.1. The number of amides is 2. The zero-order chi connectivity index (χ0) is 17.8. The topological polar surface area (TPSA) is 77.1 Å². The van der Waals surface area contributed by atoms with Gasteiger partial charge >= 0.3 is 0 Å². The van der Waals surface area contributed by atoms with Crippen LogP contribution < -0.4 is 11.1 Å². The van der Waals surface area contributed by atoms with Crippen LogP contribution in [0.3, 0.4) is 0 Å². The number of carbonyl (C=O) groups excluding carboxylic acids is 2. The molecule has 2 amide bonds. The van der Waals surface area contributed by atoms with Gasteiger partial charge in [-0.1, -0.05) is 54.6 Å². The Labute approximate surface area is 145 Å². The van der Waals surface area contributed by atoms with Gasteiger partial charge in [0.05, 0.1) is 5.56 Å². The average molecular weight is 333 g/mol. The van der Waals surface area contributed by atoms with Gasteiger partial charge in [-0.2, -0.15) is 0 Å². The number of primary amides is 1. The number of hydrogen-bond donors (Lipinski definition) is 2. The lowest BCUT2D eigenvalue weighted by atomic mass is 10.1. The third-order valence-corrected chi connectivity index (χ3v) is 4.05. The summed E-state index contributed by atoms with van der Waals surface area (Å²) < 4.78 is 1.94. The highest BCUT2D eigenvalue weighted by Gasteiger charge is 2.23. The molecular formula is C20H19N3O2. The third kappa shape index (κ3) is 3.30. The van der Waals surface area contributed by atoms with Crippen molar-refractivity contribution in [2.24, 2.45) is 5.73 Å². The van der Waals surface area contributed by atoms with Gasteiger partial charge in [-0.15, -0.1) is 6.58 Å². The highest BCUT2D eigenvalue weighted by Crippen LogP contribution is 2.22.